The third-order valence-corrected chi connectivity index (χ3v) is 1.50. The van der Waals surface area contributed by atoms with Gasteiger partial charge in [0.2, 0.25) is 0 Å². The van der Waals surface area contributed by atoms with Crippen molar-refractivity contribution in [1.82, 2.24) is 4.90 Å². The summed E-state index contributed by atoms with van der Waals surface area (Å²) in [7, 11) is 9.55. The zero-order valence-corrected chi connectivity index (χ0v) is 14.1. The van der Waals surface area contributed by atoms with Gasteiger partial charge in [-0.3, -0.25) is 0 Å². The van der Waals surface area contributed by atoms with Crippen molar-refractivity contribution in [3.8, 4) is 0 Å². The summed E-state index contributed by atoms with van der Waals surface area (Å²) in [5, 5.41) is 0. The number of thiocarbonyl (C=S) groups is 2. The largest absolute Gasteiger partial charge is 0.312 e. The van der Waals surface area contributed by atoms with E-state index < -0.39 is 0 Å². The highest BCUT2D eigenvalue weighted by Gasteiger charge is 1.58. The van der Waals surface area contributed by atoms with Crippen molar-refractivity contribution < 1.29 is 0 Å². The van der Waals surface area contributed by atoms with E-state index in [0.717, 1.165) is 0 Å². The van der Waals surface area contributed by atoms with Gasteiger partial charge in [0.05, 0.1) is 0 Å². The van der Waals surface area contributed by atoms with Gasteiger partial charge in [-0.1, -0.05) is 21.6 Å². The van der Waals surface area contributed by atoms with Crippen LogP contribution >= 0.6 is 57.8 Å². The topological polar surface area (TPSA) is 3.24 Å². The van der Waals surface area contributed by atoms with E-state index in [1.165, 1.54) is 0 Å². The maximum Gasteiger partial charge on any atom is 0.0297 e. The Labute approximate surface area is 113 Å². The van der Waals surface area contributed by atoms with Crippen LogP contribution in [0.3, 0.4) is 0 Å². The SMILES string of the molecule is CN(C)C.CSC.CSSC.S=C=S. The summed E-state index contributed by atoms with van der Waals surface area (Å²) in [4.78, 5) is 2.00. The minimum Gasteiger partial charge on any atom is -0.312 e. The number of nitrogens with zero attached hydrogens (tertiary/aromatic N) is 1. The Kier molecular flexibility index (Phi) is 64.2. The van der Waals surface area contributed by atoms with Crippen LogP contribution in [0.4, 0.5) is 0 Å². The monoisotopic (exact) mass is 291 g/mol. The molecule has 0 saturated heterocycles. The van der Waals surface area contributed by atoms with Gasteiger partial charge >= 0.3 is 0 Å². The predicted octanol–water partition coefficient (Wildman–Crippen LogP) is 3.80. The van der Waals surface area contributed by atoms with E-state index >= 15 is 0 Å². The van der Waals surface area contributed by atoms with E-state index in [-0.39, 0.29) is 0 Å². The molecule has 0 heterocycles. The van der Waals surface area contributed by atoms with Crippen LogP contribution < -0.4 is 0 Å². The van der Waals surface area contributed by atoms with Crippen LogP contribution in [0.25, 0.3) is 0 Å². The fourth-order valence-electron chi connectivity index (χ4n) is 0. The molecule has 0 atom stereocenters. The molecule has 0 aromatic rings. The van der Waals surface area contributed by atoms with Crippen LogP contribution in [0.2, 0.25) is 0 Å². The smallest absolute Gasteiger partial charge is 0.0297 e. The quantitative estimate of drug-likeness (QED) is 0.530. The Bertz CT molecular complexity index is 87.0. The van der Waals surface area contributed by atoms with Crippen LogP contribution in [0, 0.1) is 0 Å². The minimum atomic E-state index is 1.75. The van der Waals surface area contributed by atoms with Crippen molar-refractivity contribution in [1.29, 1.82) is 0 Å². The molecular weight excluding hydrogens is 270 g/mol. The molecule has 0 rings (SSSR count). The summed E-state index contributed by atoms with van der Waals surface area (Å²) in [6.07, 6.45) is 8.20. The van der Waals surface area contributed by atoms with Crippen LogP contribution in [0.15, 0.2) is 0 Å². The number of thioether (sulfide) groups is 1. The van der Waals surface area contributed by atoms with Gasteiger partial charge in [0.25, 0.3) is 0 Å². The lowest BCUT2D eigenvalue weighted by Crippen LogP contribution is -1.99. The van der Waals surface area contributed by atoms with Crippen LogP contribution in [0.1, 0.15) is 0 Å². The van der Waals surface area contributed by atoms with Gasteiger partial charge in [0.15, 0.2) is 0 Å². The average molecular weight is 292 g/mol. The van der Waals surface area contributed by atoms with Crippen LogP contribution in [-0.2, 0) is 0 Å². The molecule has 0 aliphatic heterocycles. The minimum absolute atomic E-state index is 1.75. The normalized spacial score (nSPS) is 6.57. The Morgan fingerprint density at radius 2 is 0.929 bits per heavy atom. The summed E-state index contributed by atoms with van der Waals surface area (Å²) in [6.45, 7) is 0. The highest BCUT2D eigenvalue weighted by atomic mass is 33.1. The van der Waals surface area contributed by atoms with Crippen molar-refractivity contribution >= 4 is 62.1 Å². The Morgan fingerprint density at radius 1 is 0.857 bits per heavy atom. The number of hydrogen-bond donors (Lipinski definition) is 0. The molecule has 0 amide bonds. The first kappa shape index (κ1) is 24.5. The number of hydrogen-bond acceptors (Lipinski definition) is 6. The molecular formula is C8H21NS5. The summed E-state index contributed by atoms with van der Waals surface area (Å²) < 4.78 is 1.92. The second-order valence-electron chi connectivity index (χ2n) is 2.17. The third kappa shape index (κ3) is 398. The summed E-state index contributed by atoms with van der Waals surface area (Å²) >= 11 is 9.67. The molecule has 0 aromatic carbocycles. The molecule has 14 heavy (non-hydrogen) atoms. The van der Waals surface area contributed by atoms with E-state index in [9.17, 15) is 0 Å². The van der Waals surface area contributed by atoms with E-state index in [2.05, 4.69) is 36.9 Å². The van der Waals surface area contributed by atoms with Crippen molar-refractivity contribution in [2.75, 3.05) is 46.2 Å². The Morgan fingerprint density at radius 3 is 0.929 bits per heavy atom. The molecule has 0 spiro atoms. The van der Waals surface area contributed by atoms with E-state index in [1.54, 1.807) is 33.3 Å². The maximum atomic E-state index is 3.96. The van der Waals surface area contributed by atoms with Crippen molar-refractivity contribution in [3.05, 3.63) is 0 Å². The molecule has 0 bridgehead atoms. The molecule has 0 fully saturated rings. The van der Waals surface area contributed by atoms with Gasteiger partial charge in [-0.25, -0.2) is 0 Å². The summed E-state index contributed by atoms with van der Waals surface area (Å²) in [6, 6.07) is 0. The zero-order chi connectivity index (χ0) is 12.4. The summed E-state index contributed by atoms with van der Waals surface area (Å²) in [5.41, 5.74) is 0. The van der Waals surface area contributed by atoms with E-state index in [0.29, 0.717) is 0 Å². The zero-order valence-electron chi connectivity index (χ0n) is 9.99. The molecule has 0 unspecified atom stereocenters. The van der Waals surface area contributed by atoms with Gasteiger partial charge in [-0.05, 0) is 70.6 Å². The van der Waals surface area contributed by atoms with Gasteiger partial charge in [-0.15, -0.1) is 0 Å². The predicted molar refractivity (Wildman–Crippen MR) is 86.3 cm³/mol. The lowest BCUT2D eigenvalue weighted by molar-refractivity contribution is 0.505. The van der Waals surface area contributed by atoms with E-state index in [1.807, 2.05) is 42.9 Å². The Balaban J connectivity index is -0.0000000482. The lowest BCUT2D eigenvalue weighted by atomic mass is 11.0. The second-order valence-corrected chi connectivity index (χ2v) is 6.32. The molecule has 0 saturated carbocycles. The second kappa shape index (κ2) is 36.8. The lowest BCUT2D eigenvalue weighted by Gasteiger charge is -1.90. The van der Waals surface area contributed by atoms with Gasteiger partial charge in [-0.2, -0.15) is 11.8 Å². The first-order chi connectivity index (χ1) is 6.47. The molecule has 0 N–H and O–H groups in total. The molecule has 0 aliphatic carbocycles. The fourth-order valence-corrected chi connectivity index (χ4v) is 0. The third-order valence-electron chi connectivity index (χ3n) is 0.167. The van der Waals surface area contributed by atoms with Gasteiger partial charge < -0.3 is 4.90 Å². The van der Waals surface area contributed by atoms with Crippen LogP contribution in [0.5, 0.6) is 0 Å². The van der Waals surface area contributed by atoms with Crippen molar-refractivity contribution in [2.45, 2.75) is 0 Å². The standard InChI is InChI=1S/C3H9N.C2H6S2.C2H6S.CS2/c1-4(2)3;1-3-4-2;1-3-2;2-1-3/h1-3H3;1-2H3;1-2H3;. The first-order valence-electron chi connectivity index (χ1n) is 3.55. The van der Waals surface area contributed by atoms with Crippen LogP contribution in [-0.4, -0.2) is 55.4 Å². The fraction of sp³-hybridized carbons (Fsp3) is 0.875. The maximum absolute atomic E-state index is 3.96. The van der Waals surface area contributed by atoms with E-state index in [4.69, 9.17) is 0 Å². The molecule has 1 nitrogen and oxygen atoms in total. The molecule has 0 aliphatic rings. The van der Waals surface area contributed by atoms with Gasteiger partial charge in [0, 0.05) is 4.31 Å². The van der Waals surface area contributed by atoms with Gasteiger partial charge in [0.1, 0.15) is 0 Å². The average Bonchev–Trinajstić information content (AvgIpc) is 2.06. The molecule has 6 heteroatoms. The molecule has 0 radical (unpaired) electrons. The first-order valence-corrected chi connectivity index (χ1v) is 8.97. The van der Waals surface area contributed by atoms with Crippen molar-refractivity contribution in [3.63, 3.8) is 0 Å². The number of rotatable bonds is 1. The summed E-state index contributed by atoms with van der Waals surface area (Å²) in [5.74, 6) is 0. The molecule has 0 aromatic heterocycles. The molecule has 88 valence electrons. The highest BCUT2D eigenvalue weighted by Crippen LogP contribution is 2.09. The Hall–Kier alpha value is 1.23. The van der Waals surface area contributed by atoms with Crippen molar-refractivity contribution in [2.24, 2.45) is 0 Å². The highest BCUT2D eigenvalue weighted by molar-refractivity contribution is 8.76.